The van der Waals surface area contributed by atoms with Crippen LogP contribution in [0.5, 0.6) is 0 Å². The van der Waals surface area contributed by atoms with Crippen LogP contribution in [0, 0.1) is 17.2 Å². The minimum absolute atomic E-state index is 0.0132. The molecule has 2 amide bonds. The van der Waals surface area contributed by atoms with Crippen molar-refractivity contribution >= 4 is 16.9 Å². The molecule has 1 aromatic carbocycles. The molecule has 2 aromatic rings. The van der Waals surface area contributed by atoms with Crippen molar-refractivity contribution in [2.45, 2.75) is 25.8 Å². The molecule has 0 bridgehead atoms. The number of carbonyl (C=O) groups is 1. The van der Waals surface area contributed by atoms with Gasteiger partial charge in [-0.2, -0.15) is 5.26 Å². The summed E-state index contributed by atoms with van der Waals surface area (Å²) in [6.45, 7) is 2.85. The second-order valence-corrected chi connectivity index (χ2v) is 6.07. The third kappa shape index (κ3) is 3.65. The molecular weight excluding hydrogens is 288 g/mol. The van der Waals surface area contributed by atoms with Crippen molar-refractivity contribution in [3.63, 3.8) is 0 Å². The van der Waals surface area contributed by atoms with E-state index in [0.29, 0.717) is 13.1 Å². The van der Waals surface area contributed by atoms with Crippen LogP contribution in [0.2, 0.25) is 0 Å². The van der Waals surface area contributed by atoms with Crippen molar-refractivity contribution in [2.24, 2.45) is 5.92 Å². The average Bonchev–Trinajstić information content (AvgIpc) is 3.02. The third-order valence-corrected chi connectivity index (χ3v) is 4.42. The standard InChI is InChI=1S/C18H22N4O/c19-13-15-5-3-10-22(14-15)18(23)20-9-4-11-21-12-8-16-6-1-2-7-17(16)21/h1-2,6-8,12,15H,3-5,9-11,14H2,(H,20,23)/t15-/m1/s1. The van der Waals surface area contributed by atoms with Crippen LogP contribution in [0.25, 0.3) is 10.9 Å². The van der Waals surface area contributed by atoms with E-state index in [4.69, 9.17) is 5.26 Å². The summed E-state index contributed by atoms with van der Waals surface area (Å²) in [6.07, 6.45) is 4.80. The number of piperidine rings is 1. The van der Waals surface area contributed by atoms with Crippen LogP contribution >= 0.6 is 0 Å². The van der Waals surface area contributed by atoms with Gasteiger partial charge in [0, 0.05) is 37.9 Å². The summed E-state index contributed by atoms with van der Waals surface area (Å²) >= 11 is 0. The minimum atomic E-state index is -0.0395. The molecule has 23 heavy (non-hydrogen) atoms. The van der Waals surface area contributed by atoms with Crippen molar-refractivity contribution in [1.82, 2.24) is 14.8 Å². The van der Waals surface area contributed by atoms with E-state index < -0.39 is 0 Å². The highest BCUT2D eigenvalue weighted by molar-refractivity contribution is 5.79. The average molecular weight is 310 g/mol. The van der Waals surface area contributed by atoms with Gasteiger partial charge in [0.15, 0.2) is 0 Å². The Morgan fingerprint density at radius 2 is 2.22 bits per heavy atom. The van der Waals surface area contributed by atoms with E-state index in [1.165, 1.54) is 10.9 Å². The molecule has 5 heteroatoms. The maximum atomic E-state index is 12.1. The molecule has 0 radical (unpaired) electrons. The van der Waals surface area contributed by atoms with E-state index in [0.717, 1.165) is 32.4 Å². The normalized spacial score (nSPS) is 17.9. The maximum Gasteiger partial charge on any atom is 0.317 e. The van der Waals surface area contributed by atoms with Crippen LogP contribution < -0.4 is 5.32 Å². The molecule has 0 unspecified atom stereocenters. The first-order valence-corrected chi connectivity index (χ1v) is 8.24. The summed E-state index contributed by atoms with van der Waals surface area (Å²) in [6, 6.07) is 12.6. The van der Waals surface area contributed by atoms with Crippen molar-refractivity contribution in [2.75, 3.05) is 19.6 Å². The Balaban J connectivity index is 1.44. The number of para-hydroxylation sites is 1. The van der Waals surface area contributed by atoms with Crippen LogP contribution in [0.4, 0.5) is 4.79 Å². The first-order valence-electron chi connectivity index (χ1n) is 8.24. The lowest BCUT2D eigenvalue weighted by Crippen LogP contribution is -2.45. The molecule has 2 heterocycles. The van der Waals surface area contributed by atoms with Gasteiger partial charge in [-0.3, -0.25) is 0 Å². The number of aromatic nitrogens is 1. The number of nitrogens with zero attached hydrogens (tertiary/aromatic N) is 3. The van der Waals surface area contributed by atoms with Crippen LogP contribution in [0.3, 0.4) is 0 Å². The molecule has 1 aliphatic rings. The maximum absolute atomic E-state index is 12.1. The van der Waals surface area contributed by atoms with Gasteiger partial charge in [-0.05, 0) is 36.8 Å². The molecule has 0 spiro atoms. The highest BCUT2D eigenvalue weighted by Crippen LogP contribution is 2.16. The molecule has 120 valence electrons. The van der Waals surface area contributed by atoms with Crippen LogP contribution in [0.15, 0.2) is 36.5 Å². The van der Waals surface area contributed by atoms with Gasteiger partial charge in [0.25, 0.3) is 0 Å². The molecule has 0 saturated carbocycles. The summed E-state index contributed by atoms with van der Waals surface area (Å²) < 4.78 is 2.22. The van der Waals surface area contributed by atoms with E-state index >= 15 is 0 Å². The Labute approximate surface area is 136 Å². The first-order chi connectivity index (χ1) is 11.3. The van der Waals surface area contributed by atoms with Gasteiger partial charge < -0.3 is 14.8 Å². The number of hydrogen-bond donors (Lipinski definition) is 1. The largest absolute Gasteiger partial charge is 0.347 e. The monoisotopic (exact) mass is 310 g/mol. The number of urea groups is 1. The minimum Gasteiger partial charge on any atom is -0.347 e. The number of rotatable bonds is 4. The van der Waals surface area contributed by atoms with Gasteiger partial charge in [-0.15, -0.1) is 0 Å². The summed E-state index contributed by atoms with van der Waals surface area (Å²) in [7, 11) is 0. The molecule has 5 nitrogen and oxygen atoms in total. The van der Waals surface area contributed by atoms with E-state index in [9.17, 15) is 4.79 Å². The van der Waals surface area contributed by atoms with Crippen molar-refractivity contribution in [3.8, 4) is 6.07 Å². The van der Waals surface area contributed by atoms with Gasteiger partial charge >= 0.3 is 6.03 Å². The second kappa shape index (κ2) is 7.19. The molecule has 1 aliphatic heterocycles. The summed E-state index contributed by atoms with van der Waals surface area (Å²) in [5.74, 6) is -0.0132. The molecule has 0 aliphatic carbocycles. The van der Waals surface area contributed by atoms with E-state index in [-0.39, 0.29) is 11.9 Å². The van der Waals surface area contributed by atoms with Gasteiger partial charge in [0.05, 0.1) is 12.0 Å². The zero-order valence-corrected chi connectivity index (χ0v) is 13.2. The summed E-state index contributed by atoms with van der Waals surface area (Å²) in [5, 5.41) is 13.2. The number of carbonyl (C=O) groups excluding carboxylic acids is 1. The predicted molar refractivity (Wildman–Crippen MR) is 89.9 cm³/mol. The predicted octanol–water partition coefficient (Wildman–Crippen LogP) is 2.98. The quantitative estimate of drug-likeness (QED) is 0.883. The summed E-state index contributed by atoms with van der Waals surface area (Å²) in [4.78, 5) is 13.9. The third-order valence-electron chi connectivity index (χ3n) is 4.42. The molecule has 3 rings (SSSR count). The second-order valence-electron chi connectivity index (χ2n) is 6.07. The van der Waals surface area contributed by atoms with Gasteiger partial charge in [-0.25, -0.2) is 4.79 Å². The van der Waals surface area contributed by atoms with E-state index in [2.05, 4.69) is 40.3 Å². The summed E-state index contributed by atoms with van der Waals surface area (Å²) in [5.41, 5.74) is 1.23. The van der Waals surface area contributed by atoms with Crippen LogP contribution in [0.1, 0.15) is 19.3 Å². The number of nitrogens with one attached hydrogen (secondary N) is 1. The van der Waals surface area contributed by atoms with Gasteiger partial charge in [0.1, 0.15) is 0 Å². The Morgan fingerprint density at radius 1 is 1.35 bits per heavy atom. The number of aryl methyl sites for hydroxylation is 1. The van der Waals surface area contributed by atoms with E-state index in [1.807, 2.05) is 12.1 Å². The lowest BCUT2D eigenvalue weighted by molar-refractivity contribution is 0.176. The lowest BCUT2D eigenvalue weighted by Gasteiger charge is -2.29. The van der Waals surface area contributed by atoms with Gasteiger partial charge in [0.2, 0.25) is 0 Å². The fraction of sp³-hybridized carbons (Fsp3) is 0.444. The number of nitriles is 1. The number of amides is 2. The number of likely N-dealkylation sites (tertiary alicyclic amines) is 1. The molecule has 1 N–H and O–H groups in total. The lowest BCUT2D eigenvalue weighted by atomic mass is 10.0. The van der Waals surface area contributed by atoms with Crippen molar-refractivity contribution in [3.05, 3.63) is 36.5 Å². The van der Waals surface area contributed by atoms with Crippen LogP contribution in [-0.2, 0) is 6.54 Å². The SMILES string of the molecule is N#C[C@H]1CCCN(C(=O)NCCCn2ccc3ccccc32)C1. The fourth-order valence-electron chi connectivity index (χ4n) is 3.16. The number of hydrogen-bond acceptors (Lipinski definition) is 2. The molecule has 1 aromatic heterocycles. The Hall–Kier alpha value is -2.48. The molecule has 1 atom stereocenters. The Kier molecular flexibility index (Phi) is 4.82. The number of benzene rings is 1. The molecule has 1 saturated heterocycles. The topological polar surface area (TPSA) is 61.1 Å². The molecular formula is C18H22N4O. The first kappa shape index (κ1) is 15.4. The smallest absolute Gasteiger partial charge is 0.317 e. The zero-order valence-electron chi connectivity index (χ0n) is 13.2. The molecule has 1 fully saturated rings. The highest BCUT2D eigenvalue weighted by Gasteiger charge is 2.22. The van der Waals surface area contributed by atoms with Gasteiger partial charge in [-0.1, -0.05) is 18.2 Å². The van der Waals surface area contributed by atoms with Crippen molar-refractivity contribution in [1.29, 1.82) is 5.26 Å². The number of fused-ring (bicyclic) bond motifs is 1. The van der Waals surface area contributed by atoms with Crippen molar-refractivity contribution < 1.29 is 4.79 Å². The van der Waals surface area contributed by atoms with Crippen LogP contribution in [-0.4, -0.2) is 35.1 Å². The Bertz CT molecular complexity index is 715. The Morgan fingerprint density at radius 3 is 3.09 bits per heavy atom. The zero-order chi connectivity index (χ0) is 16.1. The highest BCUT2D eigenvalue weighted by atomic mass is 16.2. The van der Waals surface area contributed by atoms with E-state index in [1.54, 1.807) is 4.90 Å². The fourth-order valence-corrected chi connectivity index (χ4v) is 3.16.